The molecule has 1 atom stereocenters. The molecule has 0 aliphatic carbocycles. The summed E-state index contributed by atoms with van der Waals surface area (Å²) in [6.45, 7) is 26.4. The topological polar surface area (TPSA) is 435 Å². The second-order valence-corrected chi connectivity index (χ2v) is 28.0. The van der Waals surface area contributed by atoms with Gasteiger partial charge in [0.05, 0.1) is 58.2 Å². The van der Waals surface area contributed by atoms with E-state index in [9.17, 15) is 19.2 Å². The maximum atomic E-state index is 12.9. The number of nitrogens with zero attached hydrogens (tertiary/aromatic N) is 21. The summed E-state index contributed by atoms with van der Waals surface area (Å²) in [7, 11) is 0. The van der Waals surface area contributed by atoms with E-state index in [1.54, 1.807) is 153 Å². The van der Waals surface area contributed by atoms with E-state index in [2.05, 4.69) is 180 Å². The maximum absolute atomic E-state index is 12.9. The molecule has 122 heavy (non-hydrogen) atoms. The number of anilines is 9. The first kappa shape index (κ1) is 86.0. The average Bonchev–Trinajstić information content (AvgIpc) is 0.844. The fraction of sp³-hybridized carbons (Fsp3) is 0.227. The molecule has 618 valence electrons. The van der Waals surface area contributed by atoms with Gasteiger partial charge in [-0.1, -0.05) is 86.6 Å². The number of amides is 4. The third kappa shape index (κ3) is 25.1. The van der Waals surface area contributed by atoms with Crippen molar-refractivity contribution in [1.82, 2.24) is 105 Å². The Balaban J connectivity index is 0.000000149. The summed E-state index contributed by atoms with van der Waals surface area (Å²) in [5.74, 6) is 6.27. The molecule has 2 aromatic carbocycles. The summed E-state index contributed by atoms with van der Waals surface area (Å²) >= 11 is 0. The fourth-order valence-electron chi connectivity index (χ4n) is 12.0. The minimum absolute atomic E-state index is 0.0842. The molecule has 1 fully saturated rings. The normalized spacial score (nSPS) is 11.8. The highest BCUT2D eigenvalue weighted by atomic mass is 16.5. The van der Waals surface area contributed by atoms with Gasteiger partial charge in [-0.15, -0.1) is 0 Å². The predicted molar refractivity (Wildman–Crippen MR) is 466 cm³/mol. The molecular weight excluding hydrogens is 1540 g/mol. The summed E-state index contributed by atoms with van der Waals surface area (Å²) in [6.07, 6.45) is 6.65. The number of ether oxygens (including phenoxy) is 1. The summed E-state index contributed by atoms with van der Waals surface area (Å²) in [4.78, 5) is 140. The lowest BCUT2D eigenvalue weighted by molar-refractivity contribution is 0.0398. The number of benzene rings is 2. The van der Waals surface area contributed by atoms with Crippen LogP contribution in [0.1, 0.15) is 120 Å². The molecule has 1 unspecified atom stereocenters. The predicted octanol–water partition coefficient (Wildman–Crippen LogP) is 13.5. The molecule has 1 aliphatic heterocycles. The summed E-state index contributed by atoms with van der Waals surface area (Å²) < 4.78 is 5.37. The smallest absolute Gasteiger partial charge is 0.259 e. The lowest BCUT2D eigenvalue weighted by Gasteiger charge is -2.26. The molecule has 14 aromatic rings. The van der Waals surface area contributed by atoms with Crippen LogP contribution in [0.5, 0.6) is 0 Å². The Morgan fingerprint density at radius 2 is 0.680 bits per heavy atom. The maximum Gasteiger partial charge on any atom is 0.259 e. The number of hydrogen-bond donors (Lipinski definition) is 8. The van der Waals surface area contributed by atoms with Gasteiger partial charge >= 0.3 is 0 Å². The lowest BCUT2D eigenvalue weighted by atomic mass is 10.1. The van der Waals surface area contributed by atoms with Crippen LogP contribution in [0, 0.1) is 61.3 Å². The zero-order valence-corrected chi connectivity index (χ0v) is 69.2. The second kappa shape index (κ2) is 42.2. The van der Waals surface area contributed by atoms with Gasteiger partial charge in [0.15, 0.2) is 23.3 Å². The van der Waals surface area contributed by atoms with Crippen LogP contribution >= 0.6 is 0 Å². The molecule has 15 rings (SSSR count). The van der Waals surface area contributed by atoms with Gasteiger partial charge in [0.25, 0.3) is 23.6 Å². The van der Waals surface area contributed by atoms with E-state index in [1.165, 1.54) is 0 Å². The summed E-state index contributed by atoms with van der Waals surface area (Å²) in [6, 6.07) is 55.9. The molecule has 8 N–H and O–H groups in total. The third-order valence-electron chi connectivity index (χ3n) is 18.0. The van der Waals surface area contributed by atoms with Crippen LogP contribution < -0.4 is 42.5 Å². The zero-order chi connectivity index (χ0) is 85.9. The highest BCUT2D eigenvalue weighted by molar-refractivity contribution is 6.06. The van der Waals surface area contributed by atoms with Crippen molar-refractivity contribution in [2.75, 3.05) is 88.5 Å². The van der Waals surface area contributed by atoms with Gasteiger partial charge in [0, 0.05) is 69.2 Å². The molecule has 34 heteroatoms. The van der Waals surface area contributed by atoms with Crippen molar-refractivity contribution in [2.24, 2.45) is 5.92 Å². The Kier molecular flexibility index (Phi) is 29.7. The second-order valence-electron chi connectivity index (χ2n) is 28.0. The van der Waals surface area contributed by atoms with Crippen molar-refractivity contribution < 1.29 is 23.9 Å². The number of carbonyl (C=O) groups is 4. The Labute approximate surface area is 704 Å². The van der Waals surface area contributed by atoms with Crippen LogP contribution in [0.3, 0.4) is 0 Å². The van der Waals surface area contributed by atoms with Crippen LogP contribution in [0.2, 0.25) is 0 Å². The van der Waals surface area contributed by atoms with Crippen molar-refractivity contribution in [3.8, 4) is 46.1 Å². The first-order valence-electron chi connectivity index (χ1n) is 39.2. The highest BCUT2D eigenvalue weighted by Gasteiger charge is 2.22. The highest BCUT2D eigenvalue weighted by Crippen LogP contribution is 2.25. The summed E-state index contributed by atoms with van der Waals surface area (Å²) in [5, 5.41) is 24.1. The van der Waals surface area contributed by atoms with E-state index < -0.39 is 0 Å². The van der Waals surface area contributed by atoms with Crippen LogP contribution in [-0.2, 0) is 4.74 Å². The number of rotatable bonds is 24. The number of aromatic nitrogens is 20. The molecule has 0 spiro atoms. The van der Waals surface area contributed by atoms with Crippen LogP contribution in [0.4, 0.5) is 52.8 Å². The minimum Gasteiger partial charge on any atom is -0.379 e. The van der Waals surface area contributed by atoms with Crippen LogP contribution in [0.25, 0.3) is 46.1 Å². The van der Waals surface area contributed by atoms with Gasteiger partial charge in [-0.3, -0.25) is 65.3 Å². The van der Waals surface area contributed by atoms with Crippen molar-refractivity contribution in [2.45, 2.75) is 82.2 Å². The van der Waals surface area contributed by atoms with Crippen LogP contribution in [-0.4, -0.2) is 174 Å². The Hall–Kier alpha value is -15.3. The first-order chi connectivity index (χ1) is 59.1. The molecule has 1 saturated heterocycles. The zero-order valence-electron chi connectivity index (χ0n) is 69.2. The van der Waals surface area contributed by atoms with E-state index in [4.69, 9.17) is 4.74 Å². The number of para-hydroxylation sites is 1. The third-order valence-corrected chi connectivity index (χ3v) is 18.0. The van der Waals surface area contributed by atoms with Crippen molar-refractivity contribution >= 4 is 76.4 Å². The molecule has 13 heterocycles. The quantitative estimate of drug-likeness (QED) is 0.0278. The van der Waals surface area contributed by atoms with Crippen molar-refractivity contribution in [3.63, 3.8) is 0 Å². The Bertz CT molecular complexity index is 5890. The molecule has 34 nitrogen and oxygen atoms in total. The van der Waals surface area contributed by atoms with E-state index in [-0.39, 0.29) is 53.5 Å². The largest absolute Gasteiger partial charge is 0.379 e. The van der Waals surface area contributed by atoms with Crippen molar-refractivity contribution in [3.05, 3.63) is 281 Å². The van der Waals surface area contributed by atoms with E-state index in [0.29, 0.717) is 132 Å². The van der Waals surface area contributed by atoms with E-state index in [1.807, 2.05) is 97.1 Å². The monoisotopic (exact) mass is 1630 g/mol. The average molecular weight is 1630 g/mol. The molecule has 0 bridgehead atoms. The van der Waals surface area contributed by atoms with E-state index in [0.717, 1.165) is 68.8 Å². The molecule has 0 radical (unpaired) electrons. The minimum atomic E-state index is -0.344. The Morgan fingerprint density at radius 1 is 0.352 bits per heavy atom. The fourth-order valence-corrected chi connectivity index (χ4v) is 12.0. The number of morpholine rings is 1. The first-order valence-corrected chi connectivity index (χ1v) is 39.2. The van der Waals surface area contributed by atoms with Gasteiger partial charge in [-0.25, -0.2) is 39.9 Å². The number of pyridine rings is 8. The molecule has 0 saturated carbocycles. The molecule has 12 aromatic heterocycles. The van der Waals surface area contributed by atoms with Gasteiger partial charge < -0.3 is 26.0 Å². The van der Waals surface area contributed by atoms with Gasteiger partial charge in [0.2, 0.25) is 23.8 Å². The number of nitrogens with one attached hydrogen (secondary N) is 8. The van der Waals surface area contributed by atoms with Gasteiger partial charge in [-0.05, 0) is 183 Å². The standard InChI is InChI=1S/C24H23N7O.C22H26N8O2.C22H19N7O.C20H23N7O/c1-15(18-9-5-4-6-10-18)26-21-13-12-19(16(2)27-21)23(32)31-24-29-17(3)28-22(30-24)20-11-7-8-14-25-20;1-15-17(6-7-19(25-15)24-9-10-30-11-13-32-14-12-30)21(31)29-22-27-16(2)26-20(28-22)18-5-3-4-8-23-18;1-14-17(11-12-19(24-14)27-16-8-4-3-5-9-16)21(30)29-22-26-15(2)25-20(28-22)18-10-6-7-13-23-18;1-12(2)11-22-17-9-8-15(13(3)23-17)19(28)27-20-25-14(4)24-18(26-20)16-7-5-6-10-21-16/h4-15H,1-3H3,(H,26,27)(H,28,29,30,31,32);3-8H,9-14H2,1-2H3,(H,24,25)(H,26,27,28,29,31);3-13H,1-2H3,(H,24,27)(H,25,26,28,29,30);5-10,12H,11H2,1-4H3,(H,22,23)(H,24,25,26,27,28). The van der Waals surface area contributed by atoms with Gasteiger partial charge in [0.1, 0.15) is 69.3 Å². The number of carbonyl (C=O) groups excluding carboxylic acids is 4. The van der Waals surface area contributed by atoms with Gasteiger partial charge in [-0.2, -0.15) is 39.9 Å². The SMILES string of the molecule is Cc1nc(NC(=O)c2ccc(NC(C)c3ccccc3)nc2C)nc(-c2ccccn2)n1.Cc1nc(NC(=O)c2ccc(NCC(C)C)nc2C)nc(-c2ccccn2)n1.Cc1nc(NC(=O)c2ccc(NCCN3CCOCC3)nc2C)nc(-c2ccccn2)n1.Cc1nc(NC(=O)c2ccc(Nc3ccccc3)nc2C)nc(-c2ccccn2)n1. The molecule has 1 aliphatic rings. The Morgan fingerprint density at radius 3 is 1.03 bits per heavy atom. The van der Waals surface area contributed by atoms with E-state index >= 15 is 0 Å². The van der Waals surface area contributed by atoms with Crippen LogP contribution in [0.15, 0.2) is 207 Å². The number of aryl methyl sites for hydroxylation is 8. The van der Waals surface area contributed by atoms with Crippen molar-refractivity contribution in [1.29, 1.82) is 0 Å². The summed E-state index contributed by atoms with van der Waals surface area (Å²) in [5.41, 5.74) is 8.75. The lowest BCUT2D eigenvalue weighted by Crippen LogP contribution is -2.39. The number of hydrogen-bond acceptors (Lipinski definition) is 30. The molecular formula is C88H91N29O5. The molecule has 4 amide bonds.